The molecule has 0 aliphatic heterocycles. The fraction of sp³-hybridized carbons (Fsp3) is 0.923. The van der Waals surface area contributed by atoms with Gasteiger partial charge in [-0.05, 0) is 18.8 Å². The van der Waals surface area contributed by atoms with E-state index in [1.165, 1.54) is 25.7 Å². The Morgan fingerprint density at radius 3 is 2.65 bits per heavy atom. The Balaban J connectivity index is 1.99. The van der Waals surface area contributed by atoms with E-state index in [1.807, 2.05) is 13.8 Å². The second-order valence-corrected chi connectivity index (χ2v) is 5.24. The Bertz CT molecular complexity index is 225. The molecule has 0 spiro atoms. The number of carbonyl (C=O) groups excluding carboxylic acids is 1. The van der Waals surface area contributed by atoms with Crippen molar-refractivity contribution < 1.29 is 9.53 Å². The molecule has 1 aliphatic carbocycles. The molecule has 1 amide bonds. The largest absolute Gasteiger partial charge is 0.376 e. The van der Waals surface area contributed by atoms with Crippen LogP contribution >= 0.6 is 0 Å². The van der Waals surface area contributed by atoms with Crippen LogP contribution in [0, 0.1) is 5.92 Å². The molecule has 1 aliphatic rings. The fourth-order valence-corrected chi connectivity index (χ4v) is 1.99. The van der Waals surface area contributed by atoms with Gasteiger partial charge in [0.05, 0.1) is 12.7 Å². The lowest BCUT2D eigenvalue weighted by Gasteiger charge is -2.15. The highest BCUT2D eigenvalue weighted by Gasteiger charge is 2.15. The maximum absolute atomic E-state index is 11.5. The first kappa shape index (κ1) is 14.5. The summed E-state index contributed by atoms with van der Waals surface area (Å²) in [5, 5.41) is 2.85. The molecule has 0 aromatic carbocycles. The van der Waals surface area contributed by atoms with Crippen molar-refractivity contribution in [3.05, 3.63) is 0 Å². The predicted molar refractivity (Wildman–Crippen MR) is 68.6 cm³/mol. The average Bonchev–Trinajstić information content (AvgIpc) is 2.77. The molecule has 1 fully saturated rings. The summed E-state index contributed by atoms with van der Waals surface area (Å²) in [6.07, 6.45) is 5.73. The van der Waals surface area contributed by atoms with E-state index in [4.69, 9.17) is 10.5 Å². The van der Waals surface area contributed by atoms with E-state index in [2.05, 4.69) is 5.32 Å². The summed E-state index contributed by atoms with van der Waals surface area (Å²) in [6, 6.07) is -0.0502. The first-order valence-electron chi connectivity index (χ1n) is 6.73. The second-order valence-electron chi connectivity index (χ2n) is 5.24. The molecule has 0 aromatic heterocycles. The Labute approximate surface area is 104 Å². The second kappa shape index (κ2) is 7.67. The molecular formula is C13H26N2O2. The molecule has 4 nitrogen and oxygen atoms in total. The van der Waals surface area contributed by atoms with Crippen LogP contribution in [-0.4, -0.2) is 31.2 Å². The molecule has 0 aromatic rings. The number of ether oxygens (including phenoxy) is 1. The molecule has 1 rings (SSSR count). The van der Waals surface area contributed by atoms with Crippen LogP contribution in [0.4, 0.5) is 0 Å². The molecular weight excluding hydrogens is 216 g/mol. The van der Waals surface area contributed by atoms with Crippen LogP contribution in [0.15, 0.2) is 0 Å². The van der Waals surface area contributed by atoms with Gasteiger partial charge in [0.15, 0.2) is 0 Å². The van der Waals surface area contributed by atoms with Crippen LogP contribution in [0.1, 0.15) is 46.0 Å². The number of nitrogens with one attached hydrogen (secondary N) is 1. The van der Waals surface area contributed by atoms with Crippen molar-refractivity contribution in [1.82, 2.24) is 5.32 Å². The van der Waals surface area contributed by atoms with Crippen molar-refractivity contribution >= 4 is 5.91 Å². The minimum absolute atomic E-state index is 0.0289. The first-order valence-corrected chi connectivity index (χ1v) is 6.73. The van der Waals surface area contributed by atoms with E-state index in [9.17, 15) is 4.79 Å². The molecule has 0 radical (unpaired) electrons. The highest BCUT2D eigenvalue weighted by molar-refractivity contribution is 5.76. The van der Waals surface area contributed by atoms with Gasteiger partial charge >= 0.3 is 0 Å². The fourth-order valence-electron chi connectivity index (χ4n) is 1.99. The number of nitrogens with two attached hydrogens (primary N) is 1. The monoisotopic (exact) mass is 242 g/mol. The lowest BCUT2D eigenvalue weighted by molar-refractivity contribution is -0.122. The smallest absolute Gasteiger partial charge is 0.221 e. The van der Waals surface area contributed by atoms with E-state index < -0.39 is 0 Å². The minimum atomic E-state index is -0.0502. The van der Waals surface area contributed by atoms with Gasteiger partial charge in [0, 0.05) is 19.0 Å². The van der Waals surface area contributed by atoms with Gasteiger partial charge in [-0.3, -0.25) is 4.79 Å². The maximum Gasteiger partial charge on any atom is 0.221 e. The molecule has 0 bridgehead atoms. The van der Waals surface area contributed by atoms with Crippen LogP contribution in [0.5, 0.6) is 0 Å². The van der Waals surface area contributed by atoms with E-state index in [0.29, 0.717) is 31.6 Å². The van der Waals surface area contributed by atoms with Crippen molar-refractivity contribution in [2.45, 2.75) is 58.1 Å². The standard InChI is InChI=1S/C13H26N2O2/c1-10(2)12(14)9-13(16)15-7-8-17-11-5-3-4-6-11/h10-12H,3-9,14H2,1-2H3,(H,15,16). The Morgan fingerprint density at radius 2 is 2.06 bits per heavy atom. The zero-order chi connectivity index (χ0) is 12.7. The minimum Gasteiger partial charge on any atom is -0.376 e. The van der Waals surface area contributed by atoms with Crippen molar-refractivity contribution in [2.24, 2.45) is 11.7 Å². The number of carbonyl (C=O) groups is 1. The normalized spacial score (nSPS) is 18.6. The van der Waals surface area contributed by atoms with Crippen molar-refractivity contribution in [1.29, 1.82) is 0 Å². The van der Waals surface area contributed by atoms with Gasteiger partial charge < -0.3 is 15.8 Å². The van der Waals surface area contributed by atoms with Crippen molar-refractivity contribution in [3.8, 4) is 0 Å². The zero-order valence-corrected chi connectivity index (χ0v) is 11.1. The molecule has 0 saturated heterocycles. The summed E-state index contributed by atoms with van der Waals surface area (Å²) in [7, 11) is 0. The van der Waals surface area contributed by atoms with Gasteiger partial charge in [0.2, 0.25) is 5.91 Å². The quantitative estimate of drug-likeness (QED) is 0.664. The SMILES string of the molecule is CC(C)C(N)CC(=O)NCCOC1CCCC1. The number of hydrogen-bond donors (Lipinski definition) is 2. The number of amides is 1. The number of hydrogen-bond acceptors (Lipinski definition) is 3. The zero-order valence-electron chi connectivity index (χ0n) is 11.1. The maximum atomic E-state index is 11.5. The summed E-state index contributed by atoms with van der Waals surface area (Å²) >= 11 is 0. The van der Waals surface area contributed by atoms with Gasteiger partial charge in [0.1, 0.15) is 0 Å². The van der Waals surface area contributed by atoms with E-state index in [-0.39, 0.29) is 11.9 Å². The summed E-state index contributed by atoms with van der Waals surface area (Å²) in [5.74, 6) is 0.372. The van der Waals surface area contributed by atoms with Crippen LogP contribution in [-0.2, 0) is 9.53 Å². The Morgan fingerprint density at radius 1 is 1.41 bits per heavy atom. The summed E-state index contributed by atoms with van der Waals surface area (Å²) < 4.78 is 5.66. The molecule has 1 unspecified atom stereocenters. The third-order valence-corrected chi connectivity index (χ3v) is 3.36. The van der Waals surface area contributed by atoms with Gasteiger partial charge in [0.25, 0.3) is 0 Å². The Hall–Kier alpha value is -0.610. The first-order chi connectivity index (χ1) is 8.09. The lowest BCUT2D eigenvalue weighted by Crippen LogP contribution is -2.36. The molecule has 1 saturated carbocycles. The van der Waals surface area contributed by atoms with E-state index >= 15 is 0 Å². The predicted octanol–water partition coefficient (Wildman–Crippen LogP) is 1.44. The molecule has 17 heavy (non-hydrogen) atoms. The van der Waals surface area contributed by atoms with E-state index in [0.717, 1.165) is 0 Å². The van der Waals surface area contributed by atoms with Crippen LogP contribution in [0.2, 0.25) is 0 Å². The van der Waals surface area contributed by atoms with E-state index in [1.54, 1.807) is 0 Å². The highest BCUT2D eigenvalue weighted by atomic mass is 16.5. The third-order valence-electron chi connectivity index (χ3n) is 3.36. The lowest BCUT2D eigenvalue weighted by atomic mass is 10.0. The van der Waals surface area contributed by atoms with Gasteiger partial charge in [-0.2, -0.15) is 0 Å². The molecule has 3 N–H and O–H groups in total. The topological polar surface area (TPSA) is 64.4 Å². The summed E-state index contributed by atoms with van der Waals surface area (Å²) in [4.78, 5) is 11.5. The Kier molecular flexibility index (Phi) is 6.52. The van der Waals surface area contributed by atoms with Gasteiger partial charge in [-0.15, -0.1) is 0 Å². The highest BCUT2D eigenvalue weighted by Crippen LogP contribution is 2.20. The number of rotatable bonds is 7. The van der Waals surface area contributed by atoms with Gasteiger partial charge in [-0.1, -0.05) is 26.7 Å². The average molecular weight is 242 g/mol. The van der Waals surface area contributed by atoms with Crippen LogP contribution < -0.4 is 11.1 Å². The van der Waals surface area contributed by atoms with Crippen LogP contribution in [0.3, 0.4) is 0 Å². The van der Waals surface area contributed by atoms with Gasteiger partial charge in [-0.25, -0.2) is 0 Å². The molecule has 100 valence electrons. The van der Waals surface area contributed by atoms with Crippen molar-refractivity contribution in [2.75, 3.05) is 13.2 Å². The van der Waals surface area contributed by atoms with Crippen LogP contribution in [0.25, 0.3) is 0 Å². The molecule has 4 heteroatoms. The summed E-state index contributed by atoms with van der Waals surface area (Å²) in [6.45, 7) is 5.27. The third kappa shape index (κ3) is 6.03. The molecule has 1 atom stereocenters. The molecule has 0 heterocycles. The summed E-state index contributed by atoms with van der Waals surface area (Å²) in [5.41, 5.74) is 5.83. The van der Waals surface area contributed by atoms with Crippen molar-refractivity contribution in [3.63, 3.8) is 0 Å².